The number of hydrogen-bond donors (Lipinski definition) is 0. The predicted octanol–water partition coefficient (Wildman–Crippen LogP) is 1.79. The molecule has 0 spiro atoms. The van der Waals surface area contributed by atoms with Gasteiger partial charge in [0.05, 0.1) is 0 Å². The second-order valence-electron chi connectivity index (χ2n) is 5.74. The van der Waals surface area contributed by atoms with Gasteiger partial charge in [-0.3, -0.25) is 4.90 Å². The zero-order valence-corrected chi connectivity index (χ0v) is 12.8. The molecule has 0 bridgehead atoms. The first kappa shape index (κ1) is 13.5. The SMILES string of the molecule is O=C1OCC2(Cc3ccccc3)CN(c3nncs3)CCN12. The Morgan fingerprint density at radius 2 is 2.14 bits per heavy atom. The number of hydrogen-bond acceptors (Lipinski definition) is 6. The number of cyclic esters (lactones) is 1. The van der Waals surface area contributed by atoms with Gasteiger partial charge in [0.2, 0.25) is 5.13 Å². The monoisotopic (exact) mass is 316 g/mol. The van der Waals surface area contributed by atoms with Gasteiger partial charge in [-0.2, -0.15) is 0 Å². The number of anilines is 1. The van der Waals surface area contributed by atoms with Gasteiger partial charge in [-0.1, -0.05) is 41.7 Å². The van der Waals surface area contributed by atoms with Crippen molar-refractivity contribution in [2.24, 2.45) is 0 Å². The summed E-state index contributed by atoms with van der Waals surface area (Å²) in [5.74, 6) is 0. The van der Waals surface area contributed by atoms with E-state index in [1.54, 1.807) is 5.51 Å². The topological polar surface area (TPSA) is 58.6 Å². The van der Waals surface area contributed by atoms with Crippen molar-refractivity contribution in [3.8, 4) is 0 Å². The lowest BCUT2D eigenvalue weighted by Crippen LogP contribution is -2.62. The van der Waals surface area contributed by atoms with Gasteiger partial charge in [0.15, 0.2) is 0 Å². The van der Waals surface area contributed by atoms with Crippen LogP contribution >= 0.6 is 11.3 Å². The van der Waals surface area contributed by atoms with Gasteiger partial charge in [-0.15, -0.1) is 10.2 Å². The van der Waals surface area contributed by atoms with Crippen LogP contribution in [0.15, 0.2) is 35.8 Å². The molecule has 0 aliphatic carbocycles. The van der Waals surface area contributed by atoms with Gasteiger partial charge >= 0.3 is 6.09 Å². The van der Waals surface area contributed by atoms with Crippen LogP contribution in [-0.2, 0) is 11.2 Å². The summed E-state index contributed by atoms with van der Waals surface area (Å²) >= 11 is 1.53. The van der Waals surface area contributed by atoms with Crippen molar-refractivity contribution in [3.05, 3.63) is 41.4 Å². The maximum Gasteiger partial charge on any atom is 0.410 e. The Hall–Kier alpha value is -2.15. The van der Waals surface area contributed by atoms with Crippen LogP contribution in [0.1, 0.15) is 5.56 Å². The van der Waals surface area contributed by atoms with Gasteiger partial charge in [-0.05, 0) is 5.56 Å². The van der Waals surface area contributed by atoms with Crippen molar-refractivity contribution in [3.63, 3.8) is 0 Å². The highest BCUT2D eigenvalue weighted by molar-refractivity contribution is 7.13. The van der Waals surface area contributed by atoms with Crippen molar-refractivity contribution in [2.75, 3.05) is 31.1 Å². The van der Waals surface area contributed by atoms with Crippen LogP contribution in [0.5, 0.6) is 0 Å². The third-order valence-electron chi connectivity index (χ3n) is 4.33. The maximum atomic E-state index is 12.1. The minimum absolute atomic E-state index is 0.201. The van der Waals surface area contributed by atoms with Crippen molar-refractivity contribution < 1.29 is 9.53 Å². The summed E-state index contributed by atoms with van der Waals surface area (Å²) in [6, 6.07) is 10.3. The van der Waals surface area contributed by atoms with Crippen molar-refractivity contribution in [1.29, 1.82) is 0 Å². The molecule has 2 aliphatic rings. The molecular weight excluding hydrogens is 300 g/mol. The Kier molecular flexibility index (Phi) is 3.22. The molecular formula is C15H16N4O2S. The lowest BCUT2D eigenvalue weighted by Gasteiger charge is -2.44. The van der Waals surface area contributed by atoms with Gasteiger partial charge in [0.25, 0.3) is 0 Å². The standard InChI is InChI=1S/C15H16N4O2S/c20-14-19-7-6-18(13-17-16-11-22-13)9-15(19,10-21-14)8-12-4-2-1-3-5-12/h1-5,11H,6-10H2. The molecule has 1 atom stereocenters. The highest BCUT2D eigenvalue weighted by Gasteiger charge is 2.51. The minimum Gasteiger partial charge on any atom is -0.447 e. The molecule has 2 fully saturated rings. The molecule has 2 aliphatic heterocycles. The highest BCUT2D eigenvalue weighted by atomic mass is 32.1. The van der Waals surface area contributed by atoms with E-state index in [-0.39, 0.29) is 11.6 Å². The summed E-state index contributed by atoms with van der Waals surface area (Å²) in [5.41, 5.74) is 2.63. The van der Waals surface area contributed by atoms with Crippen LogP contribution in [-0.4, -0.2) is 53.0 Å². The van der Waals surface area contributed by atoms with Crippen LogP contribution in [0.4, 0.5) is 9.93 Å². The molecule has 1 unspecified atom stereocenters. The number of nitrogens with zero attached hydrogens (tertiary/aromatic N) is 4. The first-order valence-corrected chi connectivity index (χ1v) is 8.14. The zero-order valence-electron chi connectivity index (χ0n) is 12.0. The molecule has 0 radical (unpaired) electrons. The molecule has 1 aromatic carbocycles. The van der Waals surface area contributed by atoms with E-state index in [0.717, 1.165) is 24.6 Å². The Labute approximate surface area is 132 Å². The Morgan fingerprint density at radius 1 is 1.27 bits per heavy atom. The van der Waals surface area contributed by atoms with Crippen LogP contribution in [0.2, 0.25) is 0 Å². The molecule has 7 heteroatoms. The highest BCUT2D eigenvalue weighted by Crippen LogP contribution is 2.34. The fourth-order valence-corrected chi connectivity index (χ4v) is 3.89. The molecule has 2 aromatic rings. The number of ether oxygens (including phenoxy) is 1. The van der Waals surface area contributed by atoms with Crippen LogP contribution in [0.3, 0.4) is 0 Å². The lowest BCUT2D eigenvalue weighted by molar-refractivity contribution is 0.140. The third-order valence-corrected chi connectivity index (χ3v) is 5.08. The van der Waals surface area contributed by atoms with E-state index in [4.69, 9.17) is 4.74 Å². The fourth-order valence-electron chi connectivity index (χ4n) is 3.31. The number of fused-ring (bicyclic) bond motifs is 1. The first-order valence-electron chi connectivity index (χ1n) is 7.26. The number of carbonyl (C=O) groups is 1. The molecule has 4 rings (SSSR count). The fraction of sp³-hybridized carbons (Fsp3) is 0.400. The molecule has 114 valence electrons. The first-order chi connectivity index (χ1) is 10.8. The number of rotatable bonds is 3. The van der Waals surface area contributed by atoms with Crippen LogP contribution in [0, 0.1) is 0 Å². The molecule has 0 N–H and O–H groups in total. The average molecular weight is 316 g/mol. The number of carbonyl (C=O) groups excluding carboxylic acids is 1. The van der Waals surface area contributed by atoms with Crippen molar-refractivity contribution in [1.82, 2.24) is 15.1 Å². The summed E-state index contributed by atoms with van der Waals surface area (Å²) in [5, 5.41) is 8.99. The van der Waals surface area contributed by atoms with Gasteiger partial charge in [-0.25, -0.2) is 4.79 Å². The molecule has 1 amide bonds. The predicted molar refractivity (Wildman–Crippen MR) is 83.1 cm³/mol. The van der Waals surface area contributed by atoms with Crippen molar-refractivity contribution in [2.45, 2.75) is 12.0 Å². The molecule has 0 saturated carbocycles. The largest absolute Gasteiger partial charge is 0.447 e. The number of benzene rings is 1. The third kappa shape index (κ3) is 2.21. The normalized spacial score (nSPS) is 24.3. The van der Waals surface area contributed by atoms with Gasteiger partial charge in [0, 0.05) is 26.1 Å². The Balaban J connectivity index is 1.64. The summed E-state index contributed by atoms with van der Waals surface area (Å²) in [6.45, 7) is 2.57. The number of piperazine rings is 1. The van der Waals surface area contributed by atoms with E-state index in [2.05, 4.69) is 27.2 Å². The van der Waals surface area contributed by atoms with E-state index in [0.29, 0.717) is 13.2 Å². The maximum absolute atomic E-state index is 12.1. The molecule has 6 nitrogen and oxygen atoms in total. The van der Waals surface area contributed by atoms with E-state index >= 15 is 0 Å². The van der Waals surface area contributed by atoms with Gasteiger partial charge < -0.3 is 9.64 Å². The summed E-state index contributed by atoms with van der Waals surface area (Å²) in [4.78, 5) is 16.2. The molecule has 22 heavy (non-hydrogen) atoms. The minimum atomic E-state index is -0.317. The van der Waals surface area contributed by atoms with Crippen LogP contribution in [0.25, 0.3) is 0 Å². The Morgan fingerprint density at radius 3 is 2.91 bits per heavy atom. The van der Waals surface area contributed by atoms with Crippen molar-refractivity contribution >= 4 is 22.6 Å². The number of aromatic nitrogens is 2. The average Bonchev–Trinajstić information content (AvgIpc) is 3.17. The summed E-state index contributed by atoms with van der Waals surface area (Å²) < 4.78 is 5.37. The molecule has 1 aromatic heterocycles. The quantitative estimate of drug-likeness (QED) is 0.864. The summed E-state index contributed by atoms with van der Waals surface area (Å²) in [7, 11) is 0. The molecule has 3 heterocycles. The number of amides is 1. The smallest absolute Gasteiger partial charge is 0.410 e. The second-order valence-corrected chi connectivity index (χ2v) is 6.55. The lowest BCUT2D eigenvalue weighted by atomic mass is 9.88. The second kappa shape index (κ2) is 5.24. The zero-order chi connectivity index (χ0) is 15.0. The van der Waals surface area contributed by atoms with E-state index in [1.807, 2.05) is 23.1 Å². The van der Waals surface area contributed by atoms with E-state index in [9.17, 15) is 4.79 Å². The van der Waals surface area contributed by atoms with Crippen LogP contribution < -0.4 is 4.90 Å². The molecule has 2 saturated heterocycles. The van der Waals surface area contributed by atoms with Gasteiger partial charge in [0.1, 0.15) is 17.7 Å². The Bertz CT molecular complexity index is 663. The van der Waals surface area contributed by atoms with E-state index in [1.165, 1.54) is 16.9 Å². The van der Waals surface area contributed by atoms with E-state index < -0.39 is 0 Å². The summed E-state index contributed by atoms with van der Waals surface area (Å²) in [6.07, 6.45) is 0.586.